The van der Waals surface area contributed by atoms with E-state index < -0.39 is 0 Å². The molecule has 1 unspecified atom stereocenters. The van der Waals surface area contributed by atoms with Gasteiger partial charge in [-0.1, -0.05) is 30.9 Å². The lowest BCUT2D eigenvalue weighted by molar-refractivity contribution is 0.359. The minimum Gasteiger partial charge on any atom is -0.489 e. The summed E-state index contributed by atoms with van der Waals surface area (Å²) in [5.41, 5.74) is 8.08. The molecule has 1 atom stereocenters. The molecule has 0 bridgehead atoms. The Kier molecular flexibility index (Phi) is 4.80. The van der Waals surface area contributed by atoms with Gasteiger partial charge in [-0.15, -0.1) is 6.58 Å². The highest BCUT2D eigenvalue weighted by Crippen LogP contribution is 2.23. The van der Waals surface area contributed by atoms with Crippen molar-refractivity contribution in [3.63, 3.8) is 0 Å². The van der Waals surface area contributed by atoms with Crippen LogP contribution in [-0.4, -0.2) is 6.61 Å². The predicted octanol–water partition coefficient (Wildman–Crippen LogP) is 3.00. The molecule has 0 aliphatic rings. The fraction of sp³-hybridized carbons (Fsp3) is 0.286. The molecule has 1 aromatic carbocycles. The quantitative estimate of drug-likeness (QED) is 0.743. The highest BCUT2D eigenvalue weighted by Gasteiger charge is 2.06. The average Bonchev–Trinajstić information content (AvgIpc) is 2.27. The lowest BCUT2D eigenvalue weighted by Crippen LogP contribution is -2.06. The van der Waals surface area contributed by atoms with Crippen LogP contribution in [-0.2, 0) is 6.42 Å². The highest BCUT2D eigenvalue weighted by molar-refractivity contribution is 5.39. The third-order valence-electron chi connectivity index (χ3n) is 2.33. The molecule has 16 heavy (non-hydrogen) atoms. The van der Waals surface area contributed by atoms with E-state index in [-0.39, 0.29) is 6.04 Å². The van der Waals surface area contributed by atoms with Gasteiger partial charge < -0.3 is 10.5 Å². The van der Waals surface area contributed by atoms with Gasteiger partial charge in [0, 0.05) is 6.04 Å². The Labute approximate surface area is 97.4 Å². The van der Waals surface area contributed by atoms with Gasteiger partial charge in [0.05, 0.1) is 0 Å². The van der Waals surface area contributed by atoms with E-state index in [0.29, 0.717) is 6.61 Å². The molecule has 2 N–H and O–H groups in total. The zero-order chi connectivity index (χ0) is 12.0. The van der Waals surface area contributed by atoms with Crippen molar-refractivity contribution in [2.24, 2.45) is 5.73 Å². The third kappa shape index (κ3) is 3.24. The Hall–Kier alpha value is -1.54. The van der Waals surface area contributed by atoms with E-state index in [1.54, 1.807) is 6.08 Å². The number of nitrogens with two attached hydrogens (primary N) is 1. The molecule has 0 fully saturated rings. The summed E-state index contributed by atoms with van der Waals surface area (Å²) in [6, 6.07) is 6.07. The van der Waals surface area contributed by atoms with E-state index in [1.807, 2.05) is 25.1 Å². The molecule has 1 rings (SSSR count). The molecule has 0 amide bonds. The van der Waals surface area contributed by atoms with Crippen molar-refractivity contribution in [3.8, 4) is 5.75 Å². The summed E-state index contributed by atoms with van der Waals surface area (Å²) in [5, 5.41) is 0. The number of ether oxygens (including phenoxy) is 1. The van der Waals surface area contributed by atoms with Gasteiger partial charge in [0.25, 0.3) is 0 Å². The number of hydrogen-bond acceptors (Lipinski definition) is 2. The van der Waals surface area contributed by atoms with Crippen LogP contribution in [0.2, 0.25) is 0 Å². The molecule has 0 saturated heterocycles. The first kappa shape index (κ1) is 12.5. The monoisotopic (exact) mass is 217 g/mol. The van der Waals surface area contributed by atoms with Crippen molar-refractivity contribution >= 4 is 0 Å². The van der Waals surface area contributed by atoms with Crippen molar-refractivity contribution < 1.29 is 4.74 Å². The van der Waals surface area contributed by atoms with Gasteiger partial charge in [-0.25, -0.2) is 0 Å². The first-order valence-corrected chi connectivity index (χ1v) is 5.42. The van der Waals surface area contributed by atoms with E-state index in [9.17, 15) is 0 Å². The lowest BCUT2D eigenvalue weighted by Gasteiger charge is -2.12. The third-order valence-corrected chi connectivity index (χ3v) is 2.33. The van der Waals surface area contributed by atoms with Crippen molar-refractivity contribution in [2.75, 3.05) is 6.61 Å². The van der Waals surface area contributed by atoms with Gasteiger partial charge in [0.2, 0.25) is 0 Å². The molecule has 0 spiro atoms. The van der Waals surface area contributed by atoms with Crippen LogP contribution in [0.5, 0.6) is 5.75 Å². The summed E-state index contributed by atoms with van der Waals surface area (Å²) in [4.78, 5) is 0. The summed E-state index contributed by atoms with van der Waals surface area (Å²) in [6.07, 6.45) is 4.38. The van der Waals surface area contributed by atoms with Crippen molar-refractivity contribution in [1.29, 1.82) is 0 Å². The standard InChI is InChI=1S/C14H19NO/c1-4-6-13-10-12(11(3)15)7-8-14(13)16-9-5-2/h4-5,7-8,10-11H,1-2,6,9,15H2,3H3. The molecule has 0 radical (unpaired) electrons. The Bertz CT molecular complexity index is 369. The Morgan fingerprint density at radius 1 is 1.38 bits per heavy atom. The zero-order valence-corrected chi connectivity index (χ0v) is 9.78. The summed E-state index contributed by atoms with van der Waals surface area (Å²) in [5.74, 6) is 0.879. The van der Waals surface area contributed by atoms with E-state index in [2.05, 4.69) is 19.2 Å². The summed E-state index contributed by atoms with van der Waals surface area (Å²) in [7, 11) is 0. The lowest BCUT2D eigenvalue weighted by atomic mass is 10.0. The number of benzene rings is 1. The summed E-state index contributed by atoms with van der Waals surface area (Å²) in [6.45, 7) is 9.86. The molecule has 0 aliphatic heterocycles. The maximum absolute atomic E-state index is 5.85. The Morgan fingerprint density at radius 3 is 2.69 bits per heavy atom. The molecule has 0 saturated carbocycles. The highest BCUT2D eigenvalue weighted by atomic mass is 16.5. The summed E-state index contributed by atoms with van der Waals surface area (Å²) < 4.78 is 5.57. The maximum Gasteiger partial charge on any atom is 0.123 e. The van der Waals surface area contributed by atoms with Crippen LogP contribution >= 0.6 is 0 Å². The topological polar surface area (TPSA) is 35.2 Å². The number of allylic oxidation sites excluding steroid dienone is 1. The van der Waals surface area contributed by atoms with Gasteiger partial charge in [0.1, 0.15) is 12.4 Å². The predicted molar refractivity (Wildman–Crippen MR) is 68.6 cm³/mol. The van der Waals surface area contributed by atoms with E-state index in [0.717, 1.165) is 23.3 Å². The second kappa shape index (κ2) is 6.13. The van der Waals surface area contributed by atoms with Gasteiger partial charge >= 0.3 is 0 Å². The first-order valence-electron chi connectivity index (χ1n) is 5.42. The van der Waals surface area contributed by atoms with Crippen LogP contribution in [0.4, 0.5) is 0 Å². The Morgan fingerprint density at radius 2 is 2.12 bits per heavy atom. The van der Waals surface area contributed by atoms with Crippen LogP contribution in [0.25, 0.3) is 0 Å². The molecule has 0 aliphatic carbocycles. The van der Waals surface area contributed by atoms with Crippen LogP contribution < -0.4 is 10.5 Å². The van der Waals surface area contributed by atoms with Crippen molar-refractivity contribution in [1.82, 2.24) is 0 Å². The fourth-order valence-electron chi connectivity index (χ4n) is 1.49. The summed E-state index contributed by atoms with van der Waals surface area (Å²) >= 11 is 0. The average molecular weight is 217 g/mol. The molecule has 2 nitrogen and oxygen atoms in total. The second-order valence-corrected chi connectivity index (χ2v) is 3.75. The second-order valence-electron chi connectivity index (χ2n) is 3.75. The Balaban J connectivity index is 2.98. The smallest absolute Gasteiger partial charge is 0.123 e. The largest absolute Gasteiger partial charge is 0.489 e. The molecule has 1 aromatic rings. The van der Waals surface area contributed by atoms with E-state index in [1.165, 1.54) is 0 Å². The van der Waals surface area contributed by atoms with Gasteiger partial charge in [-0.3, -0.25) is 0 Å². The van der Waals surface area contributed by atoms with Gasteiger partial charge in [-0.2, -0.15) is 0 Å². The van der Waals surface area contributed by atoms with Crippen LogP contribution in [0, 0.1) is 0 Å². The van der Waals surface area contributed by atoms with Gasteiger partial charge in [-0.05, 0) is 30.5 Å². The molecule has 86 valence electrons. The normalized spacial score (nSPS) is 11.9. The van der Waals surface area contributed by atoms with Crippen molar-refractivity contribution in [3.05, 3.63) is 54.6 Å². The number of rotatable bonds is 6. The van der Waals surface area contributed by atoms with Crippen LogP contribution in [0.15, 0.2) is 43.5 Å². The molecule has 0 aromatic heterocycles. The van der Waals surface area contributed by atoms with E-state index in [4.69, 9.17) is 10.5 Å². The molecular weight excluding hydrogens is 198 g/mol. The van der Waals surface area contributed by atoms with Gasteiger partial charge in [0.15, 0.2) is 0 Å². The van der Waals surface area contributed by atoms with E-state index >= 15 is 0 Å². The van der Waals surface area contributed by atoms with Crippen LogP contribution in [0.1, 0.15) is 24.1 Å². The first-order chi connectivity index (χ1) is 7.69. The molecular formula is C14H19NO. The minimum atomic E-state index is 0.0389. The minimum absolute atomic E-state index is 0.0389. The molecule has 0 heterocycles. The SMILES string of the molecule is C=CCOc1ccc(C(C)N)cc1CC=C. The fourth-order valence-corrected chi connectivity index (χ4v) is 1.49. The maximum atomic E-state index is 5.85. The van der Waals surface area contributed by atoms with Crippen LogP contribution in [0.3, 0.4) is 0 Å². The zero-order valence-electron chi connectivity index (χ0n) is 9.78. The molecule has 2 heteroatoms. The number of hydrogen-bond donors (Lipinski definition) is 1. The van der Waals surface area contributed by atoms with Crippen molar-refractivity contribution in [2.45, 2.75) is 19.4 Å².